The van der Waals surface area contributed by atoms with E-state index in [1.54, 1.807) is 16.6 Å². The minimum absolute atomic E-state index is 0.0821. The van der Waals surface area contributed by atoms with Crippen LogP contribution in [-0.4, -0.2) is 52.4 Å². The molecule has 2 aromatic heterocycles. The van der Waals surface area contributed by atoms with Crippen molar-refractivity contribution in [2.24, 2.45) is 7.05 Å². The van der Waals surface area contributed by atoms with Crippen LogP contribution in [0.2, 0.25) is 0 Å². The van der Waals surface area contributed by atoms with Crippen molar-refractivity contribution in [2.75, 3.05) is 26.8 Å². The van der Waals surface area contributed by atoms with Crippen molar-refractivity contribution in [3.8, 4) is 11.6 Å². The molecule has 142 valence electrons. The molecule has 0 aliphatic rings. The number of hydrogen-bond acceptors (Lipinski definition) is 5. The van der Waals surface area contributed by atoms with Gasteiger partial charge >= 0.3 is 0 Å². The van der Waals surface area contributed by atoms with E-state index >= 15 is 0 Å². The van der Waals surface area contributed by atoms with Gasteiger partial charge in [0.15, 0.2) is 12.3 Å². The number of fused-ring (bicyclic) bond motifs is 1. The van der Waals surface area contributed by atoms with Gasteiger partial charge in [-0.15, -0.1) is 5.10 Å². The van der Waals surface area contributed by atoms with Crippen molar-refractivity contribution in [2.45, 2.75) is 13.8 Å². The van der Waals surface area contributed by atoms with Crippen molar-refractivity contribution >= 4 is 16.9 Å². The highest BCUT2D eigenvalue weighted by Gasteiger charge is 2.17. The van der Waals surface area contributed by atoms with Crippen LogP contribution in [-0.2, 0) is 11.8 Å². The first kappa shape index (κ1) is 18.7. The molecule has 0 atom stereocenters. The van der Waals surface area contributed by atoms with Gasteiger partial charge in [-0.1, -0.05) is 18.2 Å². The van der Waals surface area contributed by atoms with E-state index in [9.17, 15) is 4.79 Å². The normalized spacial score (nSPS) is 10.8. The van der Waals surface area contributed by atoms with Crippen molar-refractivity contribution in [1.29, 1.82) is 0 Å². The van der Waals surface area contributed by atoms with E-state index in [4.69, 9.17) is 9.47 Å². The monoisotopic (exact) mass is 368 g/mol. The number of hydrogen-bond donors (Lipinski definition) is 0. The predicted molar refractivity (Wildman–Crippen MR) is 103 cm³/mol. The highest BCUT2D eigenvalue weighted by atomic mass is 16.5. The van der Waals surface area contributed by atoms with Crippen LogP contribution >= 0.6 is 0 Å². The molecule has 7 nitrogen and oxygen atoms in total. The molecule has 27 heavy (non-hydrogen) atoms. The zero-order valence-electron chi connectivity index (χ0n) is 16.1. The third kappa shape index (κ3) is 4.36. The largest absolute Gasteiger partial charge is 0.492 e. The average Bonchev–Trinajstić information content (AvgIpc) is 2.96. The van der Waals surface area contributed by atoms with E-state index in [0.29, 0.717) is 19.0 Å². The van der Waals surface area contributed by atoms with Crippen LogP contribution in [0.5, 0.6) is 11.6 Å². The summed E-state index contributed by atoms with van der Waals surface area (Å²) in [6, 6.07) is 11.5. The Balaban J connectivity index is 1.56. The molecule has 1 aromatic carbocycles. The topological polar surface area (TPSA) is 69.5 Å². The number of rotatable bonds is 7. The second kappa shape index (κ2) is 8.07. The Labute approximate surface area is 158 Å². The van der Waals surface area contributed by atoms with Crippen LogP contribution in [0.1, 0.15) is 11.3 Å². The maximum absolute atomic E-state index is 12.3. The predicted octanol–water partition coefficient (Wildman–Crippen LogP) is 2.50. The third-order valence-electron chi connectivity index (χ3n) is 4.28. The minimum atomic E-state index is -0.136. The van der Waals surface area contributed by atoms with Gasteiger partial charge in [0, 0.05) is 19.8 Å². The summed E-state index contributed by atoms with van der Waals surface area (Å²) in [6.45, 7) is 4.73. The van der Waals surface area contributed by atoms with E-state index in [0.717, 1.165) is 28.0 Å². The molecular weight excluding hydrogens is 344 g/mol. The quantitative estimate of drug-likeness (QED) is 0.641. The van der Waals surface area contributed by atoms with E-state index in [-0.39, 0.29) is 12.5 Å². The first-order valence-electron chi connectivity index (χ1n) is 8.81. The highest BCUT2D eigenvalue weighted by Crippen LogP contribution is 2.27. The smallest absolute Gasteiger partial charge is 0.260 e. The molecule has 0 aliphatic heterocycles. The summed E-state index contributed by atoms with van der Waals surface area (Å²) in [5.74, 6) is 1.08. The van der Waals surface area contributed by atoms with E-state index < -0.39 is 0 Å². The highest BCUT2D eigenvalue weighted by molar-refractivity contribution is 5.85. The number of carbonyl (C=O) groups is 1. The fourth-order valence-corrected chi connectivity index (χ4v) is 2.83. The van der Waals surface area contributed by atoms with E-state index in [1.807, 2.05) is 57.3 Å². The number of amides is 1. The molecule has 7 heteroatoms. The lowest BCUT2D eigenvalue weighted by atomic mass is 10.2. The first-order chi connectivity index (χ1) is 13.0. The molecule has 0 N–H and O–H groups in total. The summed E-state index contributed by atoms with van der Waals surface area (Å²) in [4.78, 5) is 18.4. The van der Waals surface area contributed by atoms with Gasteiger partial charge in [-0.3, -0.25) is 4.79 Å². The zero-order valence-corrected chi connectivity index (χ0v) is 16.1. The second-order valence-corrected chi connectivity index (χ2v) is 6.47. The van der Waals surface area contributed by atoms with Gasteiger partial charge in [0.05, 0.1) is 11.9 Å². The Hall–Kier alpha value is -3.09. The number of carbonyl (C=O) groups excluding carboxylic acids is 1. The molecule has 2 heterocycles. The van der Waals surface area contributed by atoms with Gasteiger partial charge in [0.1, 0.15) is 12.4 Å². The lowest BCUT2D eigenvalue weighted by molar-refractivity contribution is -0.132. The fraction of sp³-hybridized carbons (Fsp3) is 0.350. The molecule has 0 saturated carbocycles. The third-order valence-corrected chi connectivity index (χ3v) is 4.28. The second-order valence-electron chi connectivity index (χ2n) is 6.47. The standard InChI is InChI=1S/C20H24N4O3/c1-14-12-15(2)21-19-18(14)20(22-24(19)4)27-13-17(25)23(3)10-11-26-16-8-6-5-7-9-16/h5-9,12H,10-11,13H2,1-4H3. The molecule has 0 saturated heterocycles. The fourth-order valence-electron chi connectivity index (χ4n) is 2.83. The zero-order chi connectivity index (χ0) is 19.4. The Morgan fingerprint density at radius 1 is 1.19 bits per heavy atom. The van der Waals surface area contributed by atoms with E-state index in [2.05, 4.69) is 10.1 Å². The number of aryl methyl sites for hydroxylation is 3. The van der Waals surface area contributed by atoms with Gasteiger partial charge in [-0.2, -0.15) is 0 Å². The van der Waals surface area contributed by atoms with Crippen molar-refractivity contribution in [3.63, 3.8) is 0 Å². The molecule has 0 aliphatic carbocycles. The lowest BCUT2D eigenvalue weighted by Crippen LogP contribution is -2.34. The molecule has 0 spiro atoms. The van der Waals surface area contributed by atoms with Crippen LogP contribution in [0.25, 0.3) is 11.0 Å². The van der Waals surface area contributed by atoms with Crippen LogP contribution in [0, 0.1) is 13.8 Å². The van der Waals surface area contributed by atoms with Crippen molar-refractivity contribution in [1.82, 2.24) is 19.7 Å². The van der Waals surface area contributed by atoms with E-state index in [1.165, 1.54) is 0 Å². The van der Waals surface area contributed by atoms with Crippen LogP contribution in [0.4, 0.5) is 0 Å². The lowest BCUT2D eigenvalue weighted by Gasteiger charge is -2.17. The van der Waals surface area contributed by atoms with Gasteiger partial charge < -0.3 is 14.4 Å². The maximum Gasteiger partial charge on any atom is 0.260 e. The molecule has 3 rings (SSSR count). The molecule has 1 amide bonds. The summed E-state index contributed by atoms with van der Waals surface area (Å²) in [7, 11) is 3.54. The number of aromatic nitrogens is 3. The Bertz CT molecular complexity index is 937. The number of ether oxygens (including phenoxy) is 2. The molecule has 3 aromatic rings. The SMILES string of the molecule is Cc1cc(C)c2c(OCC(=O)N(C)CCOc3ccccc3)nn(C)c2n1. The Kier molecular flexibility index (Phi) is 5.59. The number of likely N-dealkylation sites (N-methyl/N-ethyl adjacent to an activating group) is 1. The Morgan fingerprint density at radius 2 is 1.93 bits per heavy atom. The number of benzene rings is 1. The molecular formula is C20H24N4O3. The molecule has 0 bridgehead atoms. The van der Waals surface area contributed by atoms with Gasteiger partial charge in [-0.25, -0.2) is 9.67 Å². The van der Waals surface area contributed by atoms with Crippen molar-refractivity contribution in [3.05, 3.63) is 47.7 Å². The summed E-state index contributed by atoms with van der Waals surface area (Å²) >= 11 is 0. The molecule has 0 radical (unpaired) electrons. The minimum Gasteiger partial charge on any atom is -0.492 e. The maximum atomic E-state index is 12.3. The summed E-state index contributed by atoms with van der Waals surface area (Å²) < 4.78 is 13.0. The number of nitrogens with zero attached hydrogens (tertiary/aromatic N) is 4. The van der Waals surface area contributed by atoms with Crippen molar-refractivity contribution < 1.29 is 14.3 Å². The van der Waals surface area contributed by atoms with Crippen LogP contribution in [0.3, 0.4) is 0 Å². The first-order valence-corrected chi connectivity index (χ1v) is 8.81. The average molecular weight is 368 g/mol. The van der Waals surface area contributed by atoms with Gasteiger partial charge in [0.2, 0.25) is 5.88 Å². The Morgan fingerprint density at radius 3 is 2.67 bits per heavy atom. The summed E-state index contributed by atoms with van der Waals surface area (Å²) in [5.41, 5.74) is 2.70. The van der Waals surface area contributed by atoms with Gasteiger partial charge in [0.25, 0.3) is 5.91 Å². The van der Waals surface area contributed by atoms with Gasteiger partial charge in [-0.05, 0) is 37.6 Å². The molecule has 0 fully saturated rings. The number of pyridine rings is 1. The number of para-hydroxylation sites is 1. The molecule has 0 unspecified atom stereocenters. The van der Waals surface area contributed by atoms with Crippen LogP contribution in [0.15, 0.2) is 36.4 Å². The summed E-state index contributed by atoms with van der Waals surface area (Å²) in [5, 5.41) is 5.20. The summed E-state index contributed by atoms with van der Waals surface area (Å²) in [6.07, 6.45) is 0. The van der Waals surface area contributed by atoms with Crippen LogP contribution < -0.4 is 9.47 Å².